The van der Waals surface area contributed by atoms with Gasteiger partial charge in [-0.25, -0.2) is 22.8 Å². The lowest BCUT2D eigenvalue weighted by Gasteiger charge is -2.11. The molecule has 5 aromatic rings. The molecular formula is C24H19ClFN7O2S. The molecule has 0 bridgehead atoms. The normalized spacial score (nSPS) is 11.5. The maximum Gasteiger partial charge on any atom is 0.264 e. The fourth-order valence-corrected chi connectivity index (χ4v) is 5.00. The summed E-state index contributed by atoms with van der Waals surface area (Å²) in [5.74, 6) is 0.0181. The highest BCUT2D eigenvalue weighted by atomic mass is 35.5. The van der Waals surface area contributed by atoms with E-state index in [4.69, 9.17) is 16.6 Å². The van der Waals surface area contributed by atoms with E-state index >= 15 is 0 Å². The molecule has 0 aliphatic heterocycles. The van der Waals surface area contributed by atoms with Gasteiger partial charge in [0.15, 0.2) is 17.3 Å². The predicted octanol–water partition coefficient (Wildman–Crippen LogP) is 4.93. The minimum atomic E-state index is -4.18. The van der Waals surface area contributed by atoms with Crippen molar-refractivity contribution in [2.75, 3.05) is 10.0 Å². The molecule has 0 unspecified atom stereocenters. The number of aromatic nitrogens is 5. The summed E-state index contributed by atoms with van der Waals surface area (Å²) in [5.41, 5.74) is 3.25. The van der Waals surface area contributed by atoms with Gasteiger partial charge in [0, 0.05) is 30.2 Å². The number of aryl methyl sites for hydroxylation is 1. The van der Waals surface area contributed by atoms with Crippen LogP contribution in [0.15, 0.2) is 71.9 Å². The van der Waals surface area contributed by atoms with Crippen molar-refractivity contribution < 1.29 is 12.8 Å². The number of nitrogens with one attached hydrogen (secondary N) is 3. The summed E-state index contributed by atoms with van der Waals surface area (Å²) in [5, 5.41) is 11.0. The zero-order valence-electron chi connectivity index (χ0n) is 18.8. The second-order valence-corrected chi connectivity index (χ2v) is 9.93. The van der Waals surface area contributed by atoms with Crippen LogP contribution in [0.5, 0.6) is 0 Å². The van der Waals surface area contributed by atoms with Gasteiger partial charge >= 0.3 is 0 Å². The highest BCUT2D eigenvalue weighted by Gasteiger charge is 2.21. The molecule has 0 amide bonds. The minimum absolute atomic E-state index is 0.243. The topological polar surface area (TPSA) is 126 Å². The van der Waals surface area contributed by atoms with Crippen molar-refractivity contribution in [1.29, 1.82) is 0 Å². The summed E-state index contributed by atoms with van der Waals surface area (Å²) in [6.45, 7) is 2.39. The summed E-state index contributed by atoms with van der Waals surface area (Å²) in [6.07, 6.45) is 3.44. The van der Waals surface area contributed by atoms with Crippen molar-refractivity contribution in [2.45, 2.75) is 18.4 Å². The summed E-state index contributed by atoms with van der Waals surface area (Å²) < 4.78 is 41.9. The van der Waals surface area contributed by atoms with Gasteiger partial charge in [-0.2, -0.15) is 5.10 Å². The van der Waals surface area contributed by atoms with E-state index < -0.39 is 20.7 Å². The largest absolute Gasteiger partial charge is 0.365 e. The molecule has 0 aliphatic carbocycles. The number of fused-ring (bicyclic) bond motifs is 1. The van der Waals surface area contributed by atoms with Crippen LogP contribution in [0.2, 0.25) is 5.02 Å². The quantitative estimate of drug-likeness (QED) is 0.276. The van der Waals surface area contributed by atoms with Crippen LogP contribution in [0, 0.1) is 12.7 Å². The van der Waals surface area contributed by atoms with Gasteiger partial charge in [0.25, 0.3) is 10.0 Å². The summed E-state index contributed by atoms with van der Waals surface area (Å²) in [4.78, 5) is 12.8. The molecule has 0 atom stereocenters. The number of hydrogen-bond donors (Lipinski definition) is 3. The van der Waals surface area contributed by atoms with E-state index in [1.54, 1.807) is 36.7 Å². The fourth-order valence-electron chi connectivity index (χ4n) is 3.61. The number of rotatable bonds is 7. The highest BCUT2D eigenvalue weighted by molar-refractivity contribution is 7.92. The molecule has 182 valence electrons. The molecule has 0 fully saturated rings. The Morgan fingerprint density at radius 2 is 1.78 bits per heavy atom. The molecule has 0 saturated carbocycles. The van der Waals surface area contributed by atoms with Crippen molar-refractivity contribution in [3.8, 4) is 11.4 Å². The maximum atomic E-state index is 14.2. The van der Waals surface area contributed by atoms with Crippen molar-refractivity contribution in [3.05, 3.63) is 89.1 Å². The number of sulfonamides is 1. The second kappa shape index (κ2) is 9.51. The number of halogens is 2. The molecule has 3 N–H and O–H groups in total. The Morgan fingerprint density at radius 1 is 1.03 bits per heavy atom. The van der Waals surface area contributed by atoms with Crippen molar-refractivity contribution in [2.24, 2.45) is 0 Å². The monoisotopic (exact) mass is 523 g/mol. The van der Waals surface area contributed by atoms with Gasteiger partial charge in [0.2, 0.25) is 0 Å². The van der Waals surface area contributed by atoms with Gasteiger partial charge in [-0.1, -0.05) is 17.7 Å². The third-order valence-corrected chi connectivity index (χ3v) is 7.10. The first-order valence-electron chi connectivity index (χ1n) is 10.7. The molecule has 0 saturated heterocycles. The lowest BCUT2D eigenvalue weighted by Crippen LogP contribution is -2.14. The maximum absolute atomic E-state index is 14.2. The first-order valence-corrected chi connectivity index (χ1v) is 12.6. The molecule has 2 aromatic carbocycles. The van der Waals surface area contributed by atoms with Gasteiger partial charge in [-0.3, -0.25) is 14.8 Å². The lowest BCUT2D eigenvalue weighted by atomic mass is 10.2. The molecule has 36 heavy (non-hydrogen) atoms. The van der Waals surface area contributed by atoms with Gasteiger partial charge in [-0.05, 0) is 61.0 Å². The molecule has 0 spiro atoms. The van der Waals surface area contributed by atoms with E-state index in [-0.39, 0.29) is 10.7 Å². The third-order valence-electron chi connectivity index (χ3n) is 5.41. The molecule has 0 radical (unpaired) electrons. The molecule has 9 nitrogen and oxygen atoms in total. The Balaban J connectivity index is 1.43. The van der Waals surface area contributed by atoms with Crippen LogP contribution in [0.4, 0.5) is 15.9 Å². The average molecular weight is 524 g/mol. The Kier molecular flexibility index (Phi) is 6.25. The second-order valence-electron chi connectivity index (χ2n) is 7.87. The van der Waals surface area contributed by atoms with Gasteiger partial charge < -0.3 is 5.32 Å². The summed E-state index contributed by atoms with van der Waals surface area (Å²) >= 11 is 5.73. The van der Waals surface area contributed by atoms with E-state index in [2.05, 4.69) is 30.2 Å². The molecule has 0 aliphatic rings. The van der Waals surface area contributed by atoms with E-state index in [1.165, 1.54) is 12.1 Å². The van der Waals surface area contributed by atoms with Crippen molar-refractivity contribution >= 4 is 44.2 Å². The molecule has 5 rings (SSSR count). The number of nitrogens with zero attached hydrogens (tertiary/aromatic N) is 4. The highest BCUT2D eigenvalue weighted by Crippen LogP contribution is 2.28. The smallest absolute Gasteiger partial charge is 0.264 e. The standard InChI is InChI=1S/C24H19ClFN7O2S/c1-14-20-23(28-13-15-9-11-27-12-10-15)29-22(30-24(20)32-31-14)16-5-7-17(8-6-16)33-36(34,35)19-4-2-3-18(25)21(19)26/h2-12,33H,13H2,1H3,(H2,28,29,30,31,32). The Morgan fingerprint density at radius 3 is 2.53 bits per heavy atom. The van der Waals surface area contributed by atoms with E-state index in [1.807, 2.05) is 19.1 Å². The summed E-state index contributed by atoms with van der Waals surface area (Å²) in [6, 6.07) is 14.0. The summed E-state index contributed by atoms with van der Waals surface area (Å²) in [7, 11) is -4.18. The number of anilines is 2. The number of aromatic amines is 1. The molecule has 3 heterocycles. The van der Waals surface area contributed by atoms with Crippen molar-refractivity contribution in [1.82, 2.24) is 25.1 Å². The van der Waals surface area contributed by atoms with Crippen LogP contribution in [0.1, 0.15) is 11.3 Å². The molecule has 3 aromatic heterocycles. The SMILES string of the molecule is Cc1n[nH]c2nc(-c3ccc(NS(=O)(=O)c4cccc(Cl)c4F)cc3)nc(NCc3ccncc3)c12. The Hall–Kier alpha value is -4.09. The van der Waals surface area contributed by atoms with Gasteiger partial charge in [0.05, 0.1) is 16.1 Å². The first-order chi connectivity index (χ1) is 17.3. The van der Waals surface area contributed by atoms with Crippen LogP contribution in [0.25, 0.3) is 22.4 Å². The molecule has 12 heteroatoms. The average Bonchev–Trinajstić information content (AvgIpc) is 3.25. The first kappa shape index (κ1) is 23.6. The van der Waals surface area contributed by atoms with Crippen LogP contribution in [-0.2, 0) is 16.6 Å². The van der Waals surface area contributed by atoms with E-state index in [9.17, 15) is 12.8 Å². The molecular weight excluding hydrogens is 505 g/mol. The zero-order valence-corrected chi connectivity index (χ0v) is 20.4. The number of H-pyrrole nitrogens is 1. The van der Waals surface area contributed by atoms with E-state index in [0.29, 0.717) is 29.4 Å². The fraction of sp³-hybridized carbons (Fsp3) is 0.0833. The predicted molar refractivity (Wildman–Crippen MR) is 136 cm³/mol. The van der Waals surface area contributed by atoms with E-state index in [0.717, 1.165) is 22.7 Å². The number of pyridine rings is 1. The van der Waals surface area contributed by atoms with Crippen LogP contribution in [0.3, 0.4) is 0 Å². The Bertz CT molecular complexity index is 1660. The zero-order chi connectivity index (χ0) is 25.3. The number of hydrogen-bond acceptors (Lipinski definition) is 7. The van der Waals surface area contributed by atoms with Crippen LogP contribution in [-0.4, -0.2) is 33.6 Å². The number of benzene rings is 2. The van der Waals surface area contributed by atoms with Crippen molar-refractivity contribution in [3.63, 3.8) is 0 Å². The van der Waals surface area contributed by atoms with Crippen LogP contribution >= 0.6 is 11.6 Å². The Labute approximate surface area is 210 Å². The van der Waals surface area contributed by atoms with Gasteiger partial charge in [-0.15, -0.1) is 0 Å². The van der Waals surface area contributed by atoms with Crippen LogP contribution < -0.4 is 10.0 Å². The van der Waals surface area contributed by atoms with Gasteiger partial charge in [0.1, 0.15) is 10.7 Å². The lowest BCUT2D eigenvalue weighted by molar-refractivity contribution is 0.570. The minimum Gasteiger partial charge on any atom is -0.365 e. The third kappa shape index (κ3) is 4.70.